The molecule has 0 aromatic carbocycles. The van der Waals surface area contributed by atoms with Crippen LogP contribution in [0.25, 0.3) is 0 Å². The van der Waals surface area contributed by atoms with E-state index in [9.17, 15) is 14.7 Å². The molecule has 6 nitrogen and oxygen atoms in total. The Morgan fingerprint density at radius 2 is 1.79 bits per heavy atom. The largest absolute Gasteiger partial charge is 0.480 e. The van der Waals surface area contributed by atoms with E-state index in [1.807, 2.05) is 27.7 Å². The monoisotopic (exact) mass is 293 g/mol. The minimum Gasteiger partial charge on any atom is -0.480 e. The highest BCUT2D eigenvalue weighted by atomic mass is 31.0. The van der Waals surface area contributed by atoms with E-state index in [-0.39, 0.29) is 5.41 Å². The SMILES string of the molecule is CCCC(P)(C(=O)O)N(CC(C)(C)C)OCC(=O)O. The van der Waals surface area contributed by atoms with E-state index in [2.05, 4.69) is 9.24 Å². The second-order valence-electron chi connectivity index (χ2n) is 5.74. The van der Waals surface area contributed by atoms with Crippen LogP contribution in [0.1, 0.15) is 40.5 Å². The molecular formula is C12H24NO5P. The third-order valence-corrected chi connectivity index (χ3v) is 3.23. The molecule has 0 bridgehead atoms. The Kier molecular flexibility index (Phi) is 6.91. The number of carboxylic acids is 2. The summed E-state index contributed by atoms with van der Waals surface area (Å²) in [5.74, 6) is -2.18. The van der Waals surface area contributed by atoms with Crippen LogP contribution in [-0.4, -0.2) is 45.6 Å². The van der Waals surface area contributed by atoms with Gasteiger partial charge < -0.3 is 10.2 Å². The van der Waals surface area contributed by atoms with Gasteiger partial charge in [0.2, 0.25) is 0 Å². The first-order chi connectivity index (χ1) is 8.53. The molecule has 0 saturated heterocycles. The number of hydrogen-bond donors (Lipinski definition) is 2. The average molecular weight is 293 g/mol. The Labute approximate surface area is 116 Å². The summed E-state index contributed by atoms with van der Waals surface area (Å²) in [4.78, 5) is 27.3. The first-order valence-corrected chi connectivity index (χ1v) is 6.75. The van der Waals surface area contributed by atoms with Crippen molar-refractivity contribution in [3.8, 4) is 0 Å². The zero-order valence-corrected chi connectivity index (χ0v) is 13.1. The summed E-state index contributed by atoms with van der Waals surface area (Å²) >= 11 is 0. The van der Waals surface area contributed by atoms with Crippen LogP contribution in [0.2, 0.25) is 0 Å². The maximum atomic E-state index is 11.5. The van der Waals surface area contributed by atoms with Crippen LogP contribution >= 0.6 is 9.24 Å². The van der Waals surface area contributed by atoms with Crippen LogP contribution in [0.4, 0.5) is 0 Å². The third-order valence-electron chi connectivity index (χ3n) is 2.41. The fourth-order valence-electron chi connectivity index (χ4n) is 1.59. The predicted octanol–water partition coefficient (Wildman–Crippen LogP) is 1.81. The van der Waals surface area contributed by atoms with Crippen LogP contribution in [0, 0.1) is 5.41 Å². The molecule has 0 aromatic heterocycles. The molecule has 2 unspecified atom stereocenters. The number of hydrogen-bond acceptors (Lipinski definition) is 4. The van der Waals surface area contributed by atoms with Gasteiger partial charge in [-0.3, -0.25) is 4.84 Å². The summed E-state index contributed by atoms with van der Waals surface area (Å²) in [6.45, 7) is 7.43. The lowest BCUT2D eigenvalue weighted by molar-refractivity contribution is -0.222. The van der Waals surface area contributed by atoms with E-state index in [0.29, 0.717) is 19.4 Å². The number of aliphatic carboxylic acids is 2. The van der Waals surface area contributed by atoms with Crippen molar-refractivity contribution in [3.63, 3.8) is 0 Å². The van der Waals surface area contributed by atoms with Crippen LogP contribution < -0.4 is 0 Å². The lowest BCUT2D eigenvalue weighted by Gasteiger charge is -2.39. The predicted molar refractivity (Wildman–Crippen MR) is 74.7 cm³/mol. The Bertz CT molecular complexity index is 329. The van der Waals surface area contributed by atoms with Gasteiger partial charge in [-0.2, -0.15) is 5.06 Å². The van der Waals surface area contributed by atoms with Crippen molar-refractivity contribution >= 4 is 21.2 Å². The first kappa shape index (κ1) is 18.3. The van der Waals surface area contributed by atoms with Gasteiger partial charge in [-0.05, 0) is 11.8 Å². The van der Waals surface area contributed by atoms with Gasteiger partial charge in [-0.15, -0.1) is 9.24 Å². The van der Waals surface area contributed by atoms with E-state index in [1.165, 1.54) is 5.06 Å². The average Bonchev–Trinajstić information content (AvgIpc) is 2.22. The van der Waals surface area contributed by atoms with E-state index < -0.39 is 23.8 Å². The Morgan fingerprint density at radius 1 is 1.26 bits per heavy atom. The van der Waals surface area contributed by atoms with E-state index >= 15 is 0 Å². The van der Waals surface area contributed by atoms with Gasteiger partial charge in [0.25, 0.3) is 0 Å². The topological polar surface area (TPSA) is 87.1 Å². The highest BCUT2D eigenvalue weighted by Gasteiger charge is 2.42. The number of hydroxylamine groups is 2. The molecule has 0 amide bonds. The minimum absolute atomic E-state index is 0.219. The maximum absolute atomic E-state index is 11.5. The van der Waals surface area contributed by atoms with E-state index in [1.54, 1.807) is 0 Å². The normalized spacial score (nSPS) is 15.3. The van der Waals surface area contributed by atoms with Crippen molar-refractivity contribution in [2.24, 2.45) is 5.41 Å². The van der Waals surface area contributed by atoms with E-state index in [0.717, 1.165) is 0 Å². The zero-order valence-electron chi connectivity index (χ0n) is 12.0. The summed E-state index contributed by atoms with van der Waals surface area (Å²) < 4.78 is 0. The van der Waals surface area contributed by atoms with Gasteiger partial charge in [0.15, 0.2) is 11.9 Å². The lowest BCUT2D eigenvalue weighted by Crippen LogP contribution is -2.53. The zero-order chi connectivity index (χ0) is 15.3. The Morgan fingerprint density at radius 3 is 2.11 bits per heavy atom. The second-order valence-corrected chi connectivity index (χ2v) is 6.70. The van der Waals surface area contributed by atoms with Crippen LogP contribution in [0.15, 0.2) is 0 Å². The minimum atomic E-state index is -1.31. The van der Waals surface area contributed by atoms with Crippen molar-refractivity contribution < 1.29 is 24.6 Å². The first-order valence-electron chi connectivity index (χ1n) is 6.17. The lowest BCUT2D eigenvalue weighted by atomic mass is 9.95. The molecule has 0 fully saturated rings. The van der Waals surface area contributed by atoms with Gasteiger partial charge in [0, 0.05) is 6.54 Å². The number of rotatable bonds is 8. The van der Waals surface area contributed by atoms with Crippen LogP contribution in [0.5, 0.6) is 0 Å². The molecule has 0 rings (SSSR count). The number of carbonyl (C=O) groups is 2. The second kappa shape index (κ2) is 7.17. The maximum Gasteiger partial charge on any atom is 0.331 e. The molecule has 2 atom stereocenters. The van der Waals surface area contributed by atoms with Gasteiger partial charge in [-0.1, -0.05) is 34.1 Å². The van der Waals surface area contributed by atoms with Crippen molar-refractivity contribution in [2.45, 2.75) is 45.8 Å². The summed E-state index contributed by atoms with van der Waals surface area (Å²) in [5, 5.41) is 18.0. The molecule has 19 heavy (non-hydrogen) atoms. The van der Waals surface area contributed by atoms with Gasteiger partial charge >= 0.3 is 11.9 Å². The molecule has 0 aliphatic heterocycles. The van der Waals surface area contributed by atoms with Gasteiger partial charge in [-0.25, -0.2) is 9.59 Å². The molecule has 0 spiro atoms. The van der Waals surface area contributed by atoms with Gasteiger partial charge in [0.05, 0.1) is 0 Å². The number of nitrogens with zero attached hydrogens (tertiary/aromatic N) is 1. The summed E-state index contributed by atoms with van der Waals surface area (Å²) in [6, 6.07) is 0. The smallest absolute Gasteiger partial charge is 0.331 e. The molecule has 112 valence electrons. The molecule has 0 aliphatic carbocycles. The highest BCUT2D eigenvalue weighted by molar-refractivity contribution is 7.20. The standard InChI is InChI=1S/C12H24NO5P/c1-5-6-12(19,10(16)17)13(8-11(2,3)4)18-7-9(14)15/h5-8,19H2,1-4H3,(H,14,15)(H,16,17). The van der Waals surface area contributed by atoms with Crippen molar-refractivity contribution in [3.05, 3.63) is 0 Å². The van der Waals surface area contributed by atoms with Crippen molar-refractivity contribution in [1.82, 2.24) is 5.06 Å². The molecule has 0 heterocycles. The molecule has 0 radical (unpaired) electrons. The fraction of sp³-hybridized carbons (Fsp3) is 0.833. The summed E-state index contributed by atoms with van der Waals surface area (Å²) in [6.07, 6.45) is 0.996. The molecule has 2 N–H and O–H groups in total. The highest BCUT2D eigenvalue weighted by Crippen LogP contribution is 2.33. The van der Waals surface area contributed by atoms with Crippen LogP contribution in [0.3, 0.4) is 0 Å². The Balaban J connectivity index is 5.15. The molecule has 0 saturated carbocycles. The van der Waals surface area contributed by atoms with Crippen LogP contribution in [-0.2, 0) is 14.4 Å². The molecule has 0 aromatic rings. The summed E-state index contributed by atoms with van der Waals surface area (Å²) in [7, 11) is 2.28. The quantitative estimate of drug-likeness (QED) is 0.524. The van der Waals surface area contributed by atoms with Gasteiger partial charge in [0.1, 0.15) is 0 Å². The molecule has 7 heteroatoms. The molecular weight excluding hydrogens is 269 g/mol. The Hall–Kier alpha value is -0.710. The molecule has 0 aliphatic rings. The van der Waals surface area contributed by atoms with E-state index in [4.69, 9.17) is 9.94 Å². The number of carboxylic acid groups (broad SMARTS) is 2. The third kappa shape index (κ3) is 6.32. The van der Waals surface area contributed by atoms with Crippen molar-refractivity contribution in [2.75, 3.05) is 13.2 Å². The summed E-state index contributed by atoms with van der Waals surface area (Å²) in [5.41, 5.74) is -0.219. The fourth-order valence-corrected chi connectivity index (χ4v) is 2.04. The van der Waals surface area contributed by atoms with Crippen molar-refractivity contribution in [1.29, 1.82) is 0 Å².